The summed E-state index contributed by atoms with van der Waals surface area (Å²) >= 11 is 3.46. The fourth-order valence-corrected chi connectivity index (χ4v) is 2.27. The first-order chi connectivity index (χ1) is 6.84. The molecule has 1 unspecified atom stereocenters. The third kappa shape index (κ3) is 1.11. The summed E-state index contributed by atoms with van der Waals surface area (Å²) in [4.78, 5) is 4.58. The highest BCUT2D eigenvalue weighted by molar-refractivity contribution is 9.10. The van der Waals surface area contributed by atoms with E-state index in [-0.39, 0.29) is 0 Å². The minimum absolute atomic E-state index is 0.378. The normalized spacial score (nSPS) is 21.8. The van der Waals surface area contributed by atoms with E-state index in [9.17, 15) is 0 Å². The van der Waals surface area contributed by atoms with E-state index in [2.05, 4.69) is 57.3 Å². The molecule has 1 nitrogen and oxygen atoms in total. The van der Waals surface area contributed by atoms with Crippen LogP contribution < -0.4 is 0 Å². The maximum atomic E-state index is 4.58. The molecular weight excluding hydrogens is 238 g/mol. The van der Waals surface area contributed by atoms with Gasteiger partial charge in [0.25, 0.3) is 0 Å². The Kier molecular flexibility index (Phi) is 1.71. The third-order valence-corrected chi connectivity index (χ3v) is 3.07. The first-order valence-corrected chi connectivity index (χ1v) is 5.37. The summed E-state index contributed by atoms with van der Waals surface area (Å²) in [5.41, 5.74) is 3.56. The average molecular weight is 246 g/mol. The number of benzene rings is 1. The topological polar surface area (TPSA) is 12.4 Å². The molecule has 0 N–H and O–H groups in total. The van der Waals surface area contributed by atoms with Gasteiger partial charge in [-0.25, -0.2) is 0 Å². The number of rotatable bonds is 0. The van der Waals surface area contributed by atoms with Gasteiger partial charge in [0.1, 0.15) is 0 Å². The molecule has 1 aromatic rings. The van der Waals surface area contributed by atoms with Crippen LogP contribution in [-0.2, 0) is 0 Å². The molecule has 0 aromatic heterocycles. The molecule has 0 saturated heterocycles. The number of fused-ring (bicyclic) bond motifs is 3. The molecule has 1 aliphatic heterocycles. The van der Waals surface area contributed by atoms with Gasteiger partial charge in [0.05, 0.1) is 11.4 Å². The van der Waals surface area contributed by atoms with Crippen molar-refractivity contribution in [3.05, 3.63) is 52.5 Å². The Bertz CT molecular complexity index is 483. The molecule has 0 bridgehead atoms. The molecule has 14 heavy (non-hydrogen) atoms. The number of nitrogens with zero attached hydrogens (tertiary/aromatic N) is 1. The second-order valence-electron chi connectivity index (χ2n) is 3.46. The molecule has 2 heteroatoms. The molecule has 1 aliphatic carbocycles. The van der Waals surface area contributed by atoms with Gasteiger partial charge in [0, 0.05) is 10.4 Å². The Balaban J connectivity index is 2.20. The summed E-state index contributed by atoms with van der Waals surface area (Å²) in [6, 6.07) is 6.29. The molecule has 68 valence electrons. The Morgan fingerprint density at radius 2 is 2.14 bits per heavy atom. The van der Waals surface area contributed by atoms with E-state index in [4.69, 9.17) is 0 Å². The molecular formula is C12H8BrN. The van der Waals surface area contributed by atoms with Crippen molar-refractivity contribution in [1.82, 2.24) is 0 Å². The average Bonchev–Trinajstić information content (AvgIpc) is 2.54. The maximum absolute atomic E-state index is 4.58. The Morgan fingerprint density at radius 3 is 3.07 bits per heavy atom. The van der Waals surface area contributed by atoms with Crippen molar-refractivity contribution in [3.63, 3.8) is 0 Å². The zero-order chi connectivity index (χ0) is 9.54. The van der Waals surface area contributed by atoms with E-state index in [1.54, 1.807) is 0 Å². The highest BCUT2D eigenvalue weighted by Gasteiger charge is 2.24. The highest BCUT2D eigenvalue weighted by atomic mass is 79.9. The lowest BCUT2D eigenvalue weighted by Gasteiger charge is -2.09. The Labute approximate surface area is 91.0 Å². The predicted molar refractivity (Wildman–Crippen MR) is 62.3 cm³/mol. The first-order valence-electron chi connectivity index (χ1n) is 4.57. The van der Waals surface area contributed by atoms with E-state index in [1.807, 2.05) is 6.08 Å². The second kappa shape index (κ2) is 2.92. The highest BCUT2D eigenvalue weighted by Crippen LogP contribution is 2.39. The molecule has 0 amide bonds. The number of allylic oxidation sites excluding steroid dienone is 4. The third-order valence-electron chi connectivity index (χ3n) is 2.58. The second-order valence-corrected chi connectivity index (χ2v) is 4.38. The van der Waals surface area contributed by atoms with Crippen molar-refractivity contribution in [3.8, 4) is 0 Å². The van der Waals surface area contributed by atoms with Crippen molar-refractivity contribution in [2.45, 2.75) is 5.92 Å². The van der Waals surface area contributed by atoms with E-state index in [0.717, 1.165) is 15.9 Å². The van der Waals surface area contributed by atoms with Crippen molar-refractivity contribution in [2.24, 2.45) is 4.99 Å². The largest absolute Gasteiger partial charge is 0.252 e. The molecule has 1 atom stereocenters. The van der Waals surface area contributed by atoms with Crippen LogP contribution in [0.15, 0.2) is 52.0 Å². The molecule has 0 spiro atoms. The SMILES string of the molecule is Brc1ccc2c(c1)N=C1C=CC=CC12. The van der Waals surface area contributed by atoms with Gasteiger partial charge in [-0.05, 0) is 23.8 Å². The standard InChI is InChI=1S/C12H8BrN/c13-8-5-6-10-9-3-1-2-4-11(9)14-12(10)7-8/h1-7,9H. The molecule has 2 aliphatic rings. The van der Waals surface area contributed by atoms with Gasteiger partial charge in [-0.2, -0.15) is 0 Å². The predicted octanol–water partition coefficient (Wildman–Crippen LogP) is 3.74. The fraction of sp³-hybridized carbons (Fsp3) is 0.0833. The van der Waals surface area contributed by atoms with Gasteiger partial charge in [-0.15, -0.1) is 0 Å². The van der Waals surface area contributed by atoms with Crippen molar-refractivity contribution >= 4 is 27.3 Å². The Morgan fingerprint density at radius 1 is 1.21 bits per heavy atom. The van der Waals surface area contributed by atoms with Crippen LogP contribution in [0.3, 0.4) is 0 Å². The molecule has 0 fully saturated rings. The van der Waals surface area contributed by atoms with Crippen molar-refractivity contribution in [2.75, 3.05) is 0 Å². The zero-order valence-electron chi connectivity index (χ0n) is 7.44. The molecule has 0 saturated carbocycles. The molecule has 1 aromatic carbocycles. The summed E-state index contributed by atoms with van der Waals surface area (Å²) in [5.74, 6) is 0.378. The monoisotopic (exact) mass is 245 g/mol. The lowest BCUT2D eigenvalue weighted by atomic mass is 9.93. The van der Waals surface area contributed by atoms with Crippen LogP contribution in [0.4, 0.5) is 5.69 Å². The van der Waals surface area contributed by atoms with Gasteiger partial charge < -0.3 is 0 Å². The first kappa shape index (κ1) is 8.18. The van der Waals surface area contributed by atoms with Crippen LogP contribution in [0.5, 0.6) is 0 Å². The van der Waals surface area contributed by atoms with E-state index >= 15 is 0 Å². The van der Waals surface area contributed by atoms with Gasteiger partial charge in [-0.3, -0.25) is 4.99 Å². The van der Waals surface area contributed by atoms with Crippen LogP contribution in [0.2, 0.25) is 0 Å². The number of halogens is 1. The number of hydrogen-bond acceptors (Lipinski definition) is 1. The van der Waals surface area contributed by atoms with E-state index in [0.29, 0.717) is 5.92 Å². The van der Waals surface area contributed by atoms with Gasteiger partial charge in [0.15, 0.2) is 0 Å². The maximum Gasteiger partial charge on any atom is 0.0686 e. The Hall–Kier alpha value is -1.15. The van der Waals surface area contributed by atoms with Gasteiger partial charge in [-0.1, -0.05) is 40.2 Å². The number of hydrogen-bond donors (Lipinski definition) is 0. The van der Waals surface area contributed by atoms with Crippen molar-refractivity contribution < 1.29 is 0 Å². The zero-order valence-corrected chi connectivity index (χ0v) is 9.03. The van der Waals surface area contributed by atoms with E-state index < -0.39 is 0 Å². The lowest BCUT2D eigenvalue weighted by molar-refractivity contribution is 1.18. The summed E-state index contributed by atoms with van der Waals surface area (Å²) in [7, 11) is 0. The molecule has 0 radical (unpaired) electrons. The van der Waals surface area contributed by atoms with Crippen LogP contribution in [0, 0.1) is 0 Å². The van der Waals surface area contributed by atoms with Crippen LogP contribution in [0.1, 0.15) is 11.5 Å². The molecule has 1 heterocycles. The van der Waals surface area contributed by atoms with Crippen LogP contribution in [0.25, 0.3) is 0 Å². The number of aliphatic imine (C=N–C) groups is 1. The summed E-state index contributed by atoms with van der Waals surface area (Å²) in [5, 5.41) is 0. The minimum Gasteiger partial charge on any atom is -0.252 e. The van der Waals surface area contributed by atoms with Crippen molar-refractivity contribution in [1.29, 1.82) is 0 Å². The van der Waals surface area contributed by atoms with Crippen LogP contribution in [-0.4, -0.2) is 5.71 Å². The summed E-state index contributed by atoms with van der Waals surface area (Å²) < 4.78 is 1.09. The van der Waals surface area contributed by atoms with Crippen LogP contribution >= 0.6 is 15.9 Å². The fourth-order valence-electron chi connectivity index (χ4n) is 1.92. The minimum atomic E-state index is 0.378. The van der Waals surface area contributed by atoms with E-state index in [1.165, 1.54) is 5.56 Å². The summed E-state index contributed by atoms with van der Waals surface area (Å²) in [6.07, 6.45) is 8.40. The lowest BCUT2D eigenvalue weighted by Crippen LogP contribution is -2.04. The molecule has 3 rings (SSSR count). The van der Waals surface area contributed by atoms with Gasteiger partial charge in [0.2, 0.25) is 0 Å². The van der Waals surface area contributed by atoms with Gasteiger partial charge >= 0.3 is 0 Å². The quantitative estimate of drug-likeness (QED) is 0.661. The summed E-state index contributed by atoms with van der Waals surface area (Å²) in [6.45, 7) is 0. The smallest absolute Gasteiger partial charge is 0.0686 e.